The van der Waals surface area contributed by atoms with Gasteiger partial charge in [-0.15, -0.1) is 0 Å². The molecule has 2 aromatic rings. The third-order valence-corrected chi connectivity index (χ3v) is 5.78. The van der Waals surface area contributed by atoms with Crippen molar-refractivity contribution in [2.24, 2.45) is 0 Å². The molecule has 0 saturated carbocycles. The fourth-order valence-corrected chi connectivity index (χ4v) is 3.39. The lowest BCUT2D eigenvalue weighted by Gasteiger charge is -2.22. The first kappa shape index (κ1) is 28.2. The quantitative estimate of drug-likeness (QED) is 0.519. The van der Waals surface area contributed by atoms with Crippen molar-refractivity contribution in [2.75, 3.05) is 6.54 Å². The van der Waals surface area contributed by atoms with Crippen LogP contribution in [0.5, 0.6) is 11.5 Å². The van der Waals surface area contributed by atoms with Crippen molar-refractivity contribution >= 4 is 11.8 Å². The minimum Gasteiger partial charge on any atom is -0.481 e. The third-order valence-electron chi connectivity index (χ3n) is 5.78. The molecule has 3 atom stereocenters. The topological polar surface area (TPSA) is 76.7 Å². The van der Waals surface area contributed by atoms with Crippen LogP contribution in [0.15, 0.2) is 48.5 Å². The monoisotopic (exact) mass is 482 g/mol. The minimum atomic E-state index is -0.660. The van der Waals surface area contributed by atoms with Crippen molar-refractivity contribution < 1.29 is 19.1 Å². The molecule has 2 aromatic carbocycles. The molecule has 35 heavy (non-hydrogen) atoms. The van der Waals surface area contributed by atoms with Crippen molar-refractivity contribution in [2.45, 2.75) is 91.4 Å². The second kappa shape index (κ2) is 11.6. The molecular formula is C29H42N2O4. The van der Waals surface area contributed by atoms with E-state index in [1.807, 2.05) is 55.5 Å². The number of carbonyl (C=O) groups excluding carboxylic acids is 2. The molecule has 0 heterocycles. The maximum absolute atomic E-state index is 12.5. The number of hydrogen-bond donors (Lipinski definition) is 2. The van der Waals surface area contributed by atoms with Crippen LogP contribution in [0.4, 0.5) is 0 Å². The third kappa shape index (κ3) is 8.93. The van der Waals surface area contributed by atoms with Crippen LogP contribution in [0, 0.1) is 0 Å². The van der Waals surface area contributed by atoms with E-state index < -0.39 is 12.2 Å². The van der Waals surface area contributed by atoms with E-state index in [0.717, 1.165) is 0 Å². The molecule has 0 aliphatic heterocycles. The lowest BCUT2D eigenvalue weighted by atomic mass is 9.87. The fourth-order valence-electron chi connectivity index (χ4n) is 3.39. The molecule has 2 N–H and O–H groups in total. The summed E-state index contributed by atoms with van der Waals surface area (Å²) in [7, 11) is 0. The van der Waals surface area contributed by atoms with Crippen LogP contribution >= 0.6 is 0 Å². The van der Waals surface area contributed by atoms with E-state index in [1.165, 1.54) is 11.1 Å². The maximum Gasteiger partial charge on any atom is 0.261 e. The predicted octanol–water partition coefficient (Wildman–Crippen LogP) is 5.14. The van der Waals surface area contributed by atoms with Gasteiger partial charge in [0.05, 0.1) is 0 Å². The Hall–Kier alpha value is -3.02. The molecule has 2 amide bonds. The molecule has 0 fully saturated rings. The van der Waals surface area contributed by atoms with E-state index in [4.69, 9.17) is 9.47 Å². The van der Waals surface area contributed by atoms with E-state index in [9.17, 15) is 9.59 Å². The lowest BCUT2D eigenvalue weighted by molar-refractivity contribution is -0.129. The highest BCUT2D eigenvalue weighted by Crippen LogP contribution is 2.25. The molecule has 0 saturated heterocycles. The number of hydrogen-bond acceptors (Lipinski definition) is 4. The van der Waals surface area contributed by atoms with Crippen LogP contribution in [0.1, 0.15) is 73.4 Å². The number of benzene rings is 2. The Kier molecular flexibility index (Phi) is 9.36. The molecule has 0 aliphatic carbocycles. The van der Waals surface area contributed by atoms with Gasteiger partial charge in [0.1, 0.15) is 11.5 Å². The van der Waals surface area contributed by atoms with Gasteiger partial charge in [0.15, 0.2) is 12.2 Å². The molecule has 0 spiro atoms. The van der Waals surface area contributed by atoms with E-state index in [1.54, 1.807) is 13.8 Å². The summed E-state index contributed by atoms with van der Waals surface area (Å²) >= 11 is 0. The van der Waals surface area contributed by atoms with Crippen LogP contribution in [0.2, 0.25) is 0 Å². The summed E-state index contributed by atoms with van der Waals surface area (Å²) in [6, 6.07) is 15.3. The van der Waals surface area contributed by atoms with Crippen LogP contribution in [0.25, 0.3) is 0 Å². The van der Waals surface area contributed by atoms with Crippen molar-refractivity contribution in [3.63, 3.8) is 0 Å². The number of nitrogens with one attached hydrogen (secondary N) is 2. The highest BCUT2D eigenvalue weighted by atomic mass is 16.5. The molecule has 6 nitrogen and oxygen atoms in total. The smallest absolute Gasteiger partial charge is 0.261 e. The Labute approximate surface area is 210 Å². The fraction of sp³-hybridized carbons (Fsp3) is 0.517. The SMILES string of the molecule is CC(CNC(=O)C(C)Oc1ccc(C(C)(C)C)cc1)NC(=O)C(C)Oc1ccc(C(C)(C)C)cc1. The standard InChI is InChI=1S/C29H42N2O4/c1-19(31-27(33)21(3)35-25-16-12-23(13-17-25)29(7,8)9)18-30-26(32)20(2)34-24-14-10-22(11-15-24)28(4,5)6/h10-17,19-21H,18H2,1-9H3,(H,30,32)(H,31,33). The first-order chi connectivity index (χ1) is 16.2. The van der Waals surface area contributed by atoms with Crippen LogP contribution in [-0.2, 0) is 20.4 Å². The molecule has 0 bridgehead atoms. The van der Waals surface area contributed by atoms with Gasteiger partial charge in [-0.2, -0.15) is 0 Å². The second-order valence-corrected chi connectivity index (χ2v) is 11.2. The average molecular weight is 483 g/mol. The lowest BCUT2D eigenvalue weighted by Crippen LogP contribution is -2.48. The van der Waals surface area contributed by atoms with Gasteiger partial charge in [-0.25, -0.2) is 0 Å². The largest absolute Gasteiger partial charge is 0.481 e. The van der Waals surface area contributed by atoms with E-state index in [2.05, 4.69) is 52.2 Å². The molecule has 6 heteroatoms. The molecule has 3 unspecified atom stereocenters. The van der Waals surface area contributed by atoms with Crippen LogP contribution in [-0.4, -0.2) is 36.6 Å². The molecule has 0 aliphatic rings. The summed E-state index contributed by atoms with van der Waals surface area (Å²) in [4.78, 5) is 25.0. The van der Waals surface area contributed by atoms with Crippen LogP contribution < -0.4 is 20.1 Å². The zero-order chi connectivity index (χ0) is 26.4. The van der Waals surface area contributed by atoms with Gasteiger partial charge in [-0.3, -0.25) is 9.59 Å². The number of rotatable bonds is 9. The van der Waals surface area contributed by atoms with Gasteiger partial charge in [0, 0.05) is 12.6 Å². The Balaban J connectivity index is 1.78. The summed E-state index contributed by atoms with van der Waals surface area (Å²) in [6.07, 6.45) is -1.32. The van der Waals surface area contributed by atoms with Crippen LogP contribution in [0.3, 0.4) is 0 Å². The van der Waals surface area contributed by atoms with Gasteiger partial charge in [0.2, 0.25) is 0 Å². The predicted molar refractivity (Wildman–Crippen MR) is 141 cm³/mol. The number of ether oxygens (including phenoxy) is 2. The Morgan fingerprint density at radius 3 is 1.43 bits per heavy atom. The number of carbonyl (C=O) groups is 2. The second-order valence-electron chi connectivity index (χ2n) is 11.2. The zero-order valence-electron chi connectivity index (χ0n) is 22.7. The highest BCUT2D eigenvalue weighted by molar-refractivity contribution is 5.82. The Morgan fingerprint density at radius 1 is 0.686 bits per heavy atom. The molecule has 0 radical (unpaired) electrons. The van der Waals surface area contributed by atoms with Gasteiger partial charge in [-0.1, -0.05) is 65.8 Å². The van der Waals surface area contributed by atoms with E-state index in [-0.39, 0.29) is 35.2 Å². The maximum atomic E-state index is 12.5. The molecule has 192 valence electrons. The average Bonchev–Trinajstić information content (AvgIpc) is 2.76. The van der Waals surface area contributed by atoms with Crippen molar-refractivity contribution in [3.8, 4) is 11.5 Å². The first-order valence-electron chi connectivity index (χ1n) is 12.3. The van der Waals surface area contributed by atoms with E-state index in [0.29, 0.717) is 11.5 Å². The van der Waals surface area contributed by atoms with Crippen molar-refractivity contribution in [3.05, 3.63) is 59.7 Å². The highest BCUT2D eigenvalue weighted by Gasteiger charge is 2.20. The normalized spacial score (nSPS) is 14.4. The summed E-state index contributed by atoms with van der Waals surface area (Å²) in [5.74, 6) is 0.802. The van der Waals surface area contributed by atoms with Crippen molar-refractivity contribution in [1.82, 2.24) is 10.6 Å². The Bertz CT molecular complexity index is 970. The summed E-state index contributed by atoms with van der Waals surface area (Å²) in [5.41, 5.74) is 2.51. The molecule has 2 rings (SSSR count). The summed E-state index contributed by atoms with van der Waals surface area (Å²) < 4.78 is 11.6. The van der Waals surface area contributed by atoms with Gasteiger partial charge >= 0.3 is 0 Å². The minimum absolute atomic E-state index is 0.0564. The van der Waals surface area contributed by atoms with E-state index >= 15 is 0 Å². The van der Waals surface area contributed by atoms with Gasteiger partial charge in [-0.05, 0) is 67.0 Å². The summed E-state index contributed by atoms with van der Waals surface area (Å²) in [6.45, 7) is 18.4. The molecular weight excluding hydrogens is 440 g/mol. The summed E-state index contributed by atoms with van der Waals surface area (Å²) in [5, 5.41) is 5.71. The Morgan fingerprint density at radius 2 is 1.06 bits per heavy atom. The first-order valence-corrected chi connectivity index (χ1v) is 12.3. The van der Waals surface area contributed by atoms with Gasteiger partial charge in [0.25, 0.3) is 11.8 Å². The van der Waals surface area contributed by atoms with Crippen molar-refractivity contribution in [1.29, 1.82) is 0 Å². The van der Waals surface area contributed by atoms with Gasteiger partial charge < -0.3 is 20.1 Å². The number of amides is 2. The molecule has 0 aromatic heterocycles. The zero-order valence-corrected chi connectivity index (χ0v) is 22.7.